The van der Waals surface area contributed by atoms with Gasteiger partial charge in [-0.3, -0.25) is 9.78 Å². The molecule has 158 valence electrons. The molecule has 3 heterocycles. The molecule has 5 nitrogen and oxygen atoms in total. The number of fused-ring (bicyclic) bond motifs is 3. The lowest BCUT2D eigenvalue weighted by Crippen LogP contribution is -2.43. The monoisotopic (exact) mass is 417 g/mol. The number of aliphatic hydroxyl groups excluding tert-OH is 1. The van der Waals surface area contributed by atoms with E-state index in [0.717, 1.165) is 34.4 Å². The first-order valence-corrected chi connectivity index (χ1v) is 10.6. The molecule has 2 N–H and O–H groups in total. The fourth-order valence-corrected chi connectivity index (χ4v) is 4.97. The molecule has 2 aromatic carbocycles. The average Bonchev–Trinajstić information content (AvgIpc) is 3.25. The second-order valence-corrected chi connectivity index (χ2v) is 8.27. The van der Waals surface area contributed by atoms with Crippen LogP contribution in [-0.2, 0) is 11.2 Å². The number of aliphatic hydroxyl groups is 1. The first-order valence-electron chi connectivity index (χ1n) is 10.6. The van der Waals surface area contributed by atoms with E-state index in [1.54, 1.807) is 18.5 Å². The summed E-state index contributed by atoms with van der Waals surface area (Å²) in [7, 11) is 0. The summed E-state index contributed by atoms with van der Waals surface area (Å²) in [5, 5.41) is 13.4. The van der Waals surface area contributed by atoms with Crippen molar-refractivity contribution in [1.82, 2.24) is 9.88 Å². The zero-order chi connectivity index (χ0) is 21.4. The summed E-state index contributed by atoms with van der Waals surface area (Å²) < 4.78 is 13.8. The van der Waals surface area contributed by atoms with Gasteiger partial charge in [-0.1, -0.05) is 24.3 Å². The highest BCUT2D eigenvalue weighted by atomic mass is 19.1. The molecule has 31 heavy (non-hydrogen) atoms. The number of pyridine rings is 1. The van der Waals surface area contributed by atoms with Gasteiger partial charge in [0.05, 0.1) is 25.1 Å². The molecule has 1 aromatic heterocycles. The van der Waals surface area contributed by atoms with Gasteiger partial charge in [-0.15, -0.1) is 0 Å². The van der Waals surface area contributed by atoms with E-state index in [4.69, 9.17) is 0 Å². The van der Waals surface area contributed by atoms with Crippen molar-refractivity contribution < 1.29 is 14.3 Å². The Balaban J connectivity index is 1.52. The van der Waals surface area contributed by atoms with Crippen LogP contribution in [0.15, 0.2) is 67.0 Å². The van der Waals surface area contributed by atoms with Gasteiger partial charge in [0, 0.05) is 30.5 Å². The summed E-state index contributed by atoms with van der Waals surface area (Å²) >= 11 is 0. The maximum Gasteiger partial charge on any atom is 0.227 e. The molecule has 3 atom stereocenters. The van der Waals surface area contributed by atoms with Crippen molar-refractivity contribution in [3.63, 3.8) is 0 Å². The van der Waals surface area contributed by atoms with Gasteiger partial charge in [0.1, 0.15) is 5.82 Å². The third-order valence-electron chi connectivity index (χ3n) is 6.43. The van der Waals surface area contributed by atoms with Crippen LogP contribution in [0.3, 0.4) is 0 Å². The van der Waals surface area contributed by atoms with Gasteiger partial charge in [0.25, 0.3) is 0 Å². The van der Waals surface area contributed by atoms with Crippen LogP contribution in [0, 0.1) is 11.7 Å². The molecule has 0 saturated carbocycles. The molecule has 2 aliphatic rings. The number of anilines is 1. The highest BCUT2D eigenvalue weighted by molar-refractivity contribution is 5.81. The second-order valence-electron chi connectivity index (χ2n) is 8.27. The molecule has 6 heteroatoms. The maximum atomic E-state index is 13.8. The number of nitrogens with zero attached hydrogens (tertiary/aromatic N) is 2. The standard InChI is InChI=1S/C25H24FN3O2/c26-19-5-1-4-17(12-19)18-6-7-22-21(13-18)25-20(23(15-30)28-22)8-10-29(25)24(31)11-16-3-2-9-27-14-16/h1-7,9,12-14,20,23,25,28,30H,8,10-11,15H2/t20-,23+,25-/m1/s1. The number of aromatic nitrogens is 1. The molecule has 3 aromatic rings. The van der Waals surface area contributed by atoms with Gasteiger partial charge in [0.15, 0.2) is 0 Å². The summed E-state index contributed by atoms with van der Waals surface area (Å²) in [4.78, 5) is 19.3. The smallest absolute Gasteiger partial charge is 0.227 e. The summed E-state index contributed by atoms with van der Waals surface area (Å²) in [6.45, 7) is 0.660. The quantitative estimate of drug-likeness (QED) is 0.678. The third-order valence-corrected chi connectivity index (χ3v) is 6.43. The van der Waals surface area contributed by atoms with Crippen LogP contribution in [0.2, 0.25) is 0 Å². The number of carbonyl (C=O) groups excluding carboxylic acids is 1. The number of amides is 1. The molecule has 0 bridgehead atoms. The number of carbonyl (C=O) groups is 1. The fourth-order valence-electron chi connectivity index (χ4n) is 4.97. The van der Waals surface area contributed by atoms with Crippen LogP contribution >= 0.6 is 0 Å². The minimum Gasteiger partial charge on any atom is -0.394 e. The molecule has 0 unspecified atom stereocenters. The maximum absolute atomic E-state index is 13.8. The Hall–Kier alpha value is -3.25. The van der Waals surface area contributed by atoms with Crippen LogP contribution in [0.4, 0.5) is 10.1 Å². The van der Waals surface area contributed by atoms with Crippen molar-refractivity contribution in [2.24, 2.45) is 5.92 Å². The molecular weight excluding hydrogens is 393 g/mol. The van der Waals surface area contributed by atoms with Crippen LogP contribution < -0.4 is 5.32 Å². The zero-order valence-electron chi connectivity index (χ0n) is 17.0. The van der Waals surface area contributed by atoms with Crippen molar-refractivity contribution >= 4 is 11.6 Å². The van der Waals surface area contributed by atoms with Crippen molar-refractivity contribution in [1.29, 1.82) is 0 Å². The third kappa shape index (κ3) is 3.68. The summed E-state index contributed by atoms with van der Waals surface area (Å²) in [6, 6.07) is 16.0. The molecule has 1 saturated heterocycles. The van der Waals surface area contributed by atoms with E-state index < -0.39 is 0 Å². The number of hydrogen-bond acceptors (Lipinski definition) is 4. The molecule has 0 radical (unpaired) electrons. The van der Waals surface area contributed by atoms with E-state index in [1.165, 1.54) is 12.1 Å². The number of halogens is 1. The highest BCUT2D eigenvalue weighted by Crippen LogP contribution is 2.47. The Morgan fingerprint density at radius 2 is 2.03 bits per heavy atom. The van der Waals surface area contributed by atoms with E-state index >= 15 is 0 Å². The van der Waals surface area contributed by atoms with E-state index in [-0.39, 0.29) is 36.3 Å². The predicted molar refractivity (Wildman–Crippen MR) is 117 cm³/mol. The van der Waals surface area contributed by atoms with E-state index in [9.17, 15) is 14.3 Å². The largest absolute Gasteiger partial charge is 0.394 e. The molecule has 0 aliphatic carbocycles. The first kappa shape index (κ1) is 19.7. The lowest BCUT2D eigenvalue weighted by Gasteiger charge is -2.39. The van der Waals surface area contributed by atoms with Gasteiger partial charge < -0.3 is 15.3 Å². The van der Waals surface area contributed by atoms with Gasteiger partial charge in [0.2, 0.25) is 5.91 Å². The minimum absolute atomic E-state index is 0.0108. The topological polar surface area (TPSA) is 65.5 Å². The average molecular weight is 417 g/mol. The van der Waals surface area contributed by atoms with Gasteiger partial charge >= 0.3 is 0 Å². The molecule has 5 rings (SSSR count). The van der Waals surface area contributed by atoms with Gasteiger partial charge in [-0.05, 0) is 59.0 Å². The van der Waals surface area contributed by atoms with Crippen molar-refractivity contribution in [3.05, 3.63) is 83.9 Å². The zero-order valence-corrected chi connectivity index (χ0v) is 17.0. The van der Waals surface area contributed by atoms with Gasteiger partial charge in [-0.2, -0.15) is 0 Å². The van der Waals surface area contributed by atoms with Crippen molar-refractivity contribution in [2.75, 3.05) is 18.5 Å². The van der Waals surface area contributed by atoms with E-state index in [0.29, 0.717) is 13.0 Å². The van der Waals surface area contributed by atoms with E-state index in [1.807, 2.05) is 35.2 Å². The molecule has 2 aliphatic heterocycles. The summed E-state index contributed by atoms with van der Waals surface area (Å²) in [5.74, 6) is -0.0972. The summed E-state index contributed by atoms with van der Waals surface area (Å²) in [6.07, 6.45) is 4.54. The first-order chi connectivity index (χ1) is 15.1. The van der Waals surface area contributed by atoms with Crippen molar-refractivity contribution in [3.8, 4) is 11.1 Å². The fraction of sp³-hybridized carbons (Fsp3) is 0.280. The molecule has 1 amide bonds. The van der Waals surface area contributed by atoms with Crippen LogP contribution in [0.25, 0.3) is 11.1 Å². The number of hydrogen-bond donors (Lipinski definition) is 2. The second kappa shape index (κ2) is 8.12. The Kier molecular flexibility index (Phi) is 5.16. The molecular formula is C25H24FN3O2. The summed E-state index contributed by atoms with van der Waals surface area (Å²) in [5.41, 5.74) is 4.54. The van der Waals surface area contributed by atoms with Gasteiger partial charge in [-0.25, -0.2) is 4.39 Å². The van der Waals surface area contributed by atoms with Crippen LogP contribution in [-0.4, -0.2) is 40.1 Å². The Morgan fingerprint density at radius 1 is 1.16 bits per heavy atom. The Bertz CT molecular complexity index is 1100. The minimum atomic E-state index is -0.277. The highest BCUT2D eigenvalue weighted by Gasteiger charge is 2.45. The number of benzene rings is 2. The number of nitrogens with one attached hydrogen (secondary N) is 1. The lowest BCUT2D eigenvalue weighted by molar-refractivity contribution is -0.131. The Morgan fingerprint density at radius 3 is 2.81 bits per heavy atom. The lowest BCUT2D eigenvalue weighted by atomic mass is 9.82. The molecule has 0 spiro atoms. The van der Waals surface area contributed by atoms with Crippen LogP contribution in [0.5, 0.6) is 0 Å². The van der Waals surface area contributed by atoms with Crippen LogP contribution in [0.1, 0.15) is 23.6 Å². The predicted octanol–water partition coefficient (Wildman–Crippen LogP) is 3.81. The SMILES string of the molecule is O=C(Cc1cccnc1)N1CC[C@@H]2[C@H](CO)Nc3ccc(-c4cccc(F)c4)cc3[C@@H]21. The number of rotatable bonds is 4. The van der Waals surface area contributed by atoms with E-state index in [2.05, 4.69) is 16.4 Å². The Labute approximate surface area is 180 Å². The molecule has 1 fully saturated rings. The van der Waals surface area contributed by atoms with Crippen molar-refractivity contribution in [2.45, 2.75) is 24.9 Å². The number of likely N-dealkylation sites (tertiary alicyclic amines) is 1. The normalized spacial score (nSPS) is 21.9.